The molecule has 0 aliphatic heterocycles. The van der Waals surface area contributed by atoms with Crippen molar-refractivity contribution in [3.63, 3.8) is 0 Å². The van der Waals surface area contributed by atoms with Crippen molar-refractivity contribution in [2.24, 2.45) is 12.8 Å². The number of carboxylic acids is 1. The van der Waals surface area contributed by atoms with Crippen LogP contribution in [0.3, 0.4) is 0 Å². The maximum absolute atomic E-state index is 10.8. The van der Waals surface area contributed by atoms with Crippen LogP contribution in [-0.4, -0.2) is 22.2 Å². The maximum atomic E-state index is 10.8. The Labute approximate surface area is 99.7 Å². The molecule has 0 spiro atoms. The van der Waals surface area contributed by atoms with Gasteiger partial charge in [-0.15, -0.1) is 0 Å². The second-order valence-electron chi connectivity index (χ2n) is 4.22. The van der Waals surface area contributed by atoms with Gasteiger partial charge >= 0.3 is 5.97 Å². The number of benzene rings is 1. The van der Waals surface area contributed by atoms with E-state index in [1.54, 1.807) is 0 Å². The Balaban J connectivity index is 2.46. The number of hydrogen-bond acceptors (Lipinski definition) is 2. The van der Waals surface area contributed by atoms with E-state index in [9.17, 15) is 4.79 Å². The molecule has 0 saturated carbocycles. The molecule has 2 rings (SSSR count). The van der Waals surface area contributed by atoms with Crippen LogP contribution in [0.25, 0.3) is 10.9 Å². The molecule has 0 amide bonds. The molecule has 1 aromatic heterocycles. The molecule has 1 unspecified atom stereocenters. The second-order valence-corrected chi connectivity index (χ2v) is 4.22. The lowest BCUT2D eigenvalue weighted by molar-refractivity contribution is -0.137. The summed E-state index contributed by atoms with van der Waals surface area (Å²) in [6.45, 7) is 0.344. The summed E-state index contributed by atoms with van der Waals surface area (Å²) >= 11 is 0. The average Bonchev–Trinajstić information content (AvgIpc) is 2.64. The van der Waals surface area contributed by atoms with Crippen molar-refractivity contribution in [1.29, 1.82) is 0 Å². The molecule has 1 heterocycles. The largest absolute Gasteiger partial charge is 0.481 e. The summed E-state index contributed by atoms with van der Waals surface area (Å²) in [6.07, 6.45) is 0.0701. The van der Waals surface area contributed by atoms with E-state index in [0.717, 1.165) is 16.6 Å². The van der Waals surface area contributed by atoms with Gasteiger partial charge in [-0.2, -0.15) is 0 Å². The molecule has 90 valence electrons. The van der Waals surface area contributed by atoms with Crippen LogP contribution in [0.5, 0.6) is 0 Å². The molecule has 0 bridgehead atoms. The number of nitrogens with zero attached hydrogens (tertiary/aromatic N) is 1. The summed E-state index contributed by atoms with van der Waals surface area (Å²) < 4.78 is 2.02. The Morgan fingerprint density at radius 2 is 2.18 bits per heavy atom. The van der Waals surface area contributed by atoms with Crippen LogP contribution in [0.2, 0.25) is 0 Å². The lowest BCUT2D eigenvalue weighted by Crippen LogP contribution is -2.18. The smallest absolute Gasteiger partial charge is 0.304 e. The Kier molecular flexibility index (Phi) is 3.15. The van der Waals surface area contributed by atoms with Crippen LogP contribution in [0.1, 0.15) is 18.0 Å². The topological polar surface area (TPSA) is 68.2 Å². The zero-order valence-electron chi connectivity index (χ0n) is 9.76. The molecule has 0 aliphatic rings. The van der Waals surface area contributed by atoms with Gasteiger partial charge in [-0.25, -0.2) is 0 Å². The molecular formula is C13H16N2O2. The SMILES string of the molecule is Cn1c(C(CN)CC(=O)O)cc2ccccc21. The quantitative estimate of drug-likeness (QED) is 0.843. The van der Waals surface area contributed by atoms with Crippen LogP contribution in [0, 0.1) is 0 Å². The van der Waals surface area contributed by atoms with Crippen LogP contribution < -0.4 is 5.73 Å². The van der Waals surface area contributed by atoms with Crippen LogP contribution >= 0.6 is 0 Å². The van der Waals surface area contributed by atoms with E-state index < -0.39 is 5.97 Å². The Morgan fingerprint density at radius 3 is 2.76 bits per heavy atom. The van der Waals surface area contributed by atoms with E-state index in [0.29, 0.717) is 6.54 Å². The standard InChI is InChI=1S/C13H16N2O2/c1-15-11-5-3-2-4-9(11)6-12(15)10(8-14)7-13(16)17/h2-6,10H,7-8,14H2,1H3,(H,16,17). The van der Waals surface area contributed by atoms with Crippen molar-refractivity contribution in [3.8, 4) is 0 Å². The van der Waals surface area contributed by atoms with E-state index in [1.807, 2.05) is 41.9 Å². The highest BCUT2D eigenvalue weighted by molar-refractivity contribution is 5.81. The minimum absolute atomic E-state index is 0.0701. The molecule has 4 nitrogen and oxygen atoms in total. The first-order valence-electron chi connectivity index (χ1n) is 5.59. The Hall–Kier alpha value is -1.81. The third-order valence-corrected chi connectivity index (χ3v) is 3.11. The first-order valence-corrected chi connectivity index (χ1v) is 5.59. The first kappa shape index (κ1) is 11.7. The zero-order chi connectivity index (χ0) is 12.4. The highest BCUT2D eigenvalue weighted by Gasteiger charge is 2.18. The third-order valence-electron chi connectivity index (χ3n) is 3.11. The monoisotopic (exact) mass is 232 g/mol. The fraction of sp³-hybridized carbons (Fsp3) is 0.308. The molecule has 0 saturated heterocycles. The van der Waals surface area contributed by atoms with Gasteiger partial charge in [0.15, 0.2) is 0 Å². The number of aliphatic carboxylic acids is 1. The van der Waals surface area contributed by atoms with E-state index in [1.165, 1.54) is 0 Å². The van der Waals surface area contributed by atoms with E-state index in [2.05, 4.69) is 0 Å². The van der Waals surface area contributed by atoms with Gasteiger partial charge in [0.05, 0.1) is 6.42 Å². The van der Waals surface area contributed by atoms with Gasteiger partial charge in [0.2, 0.25) is 0 Å². The molecule has 0 fully saturated rings. The fourth-order valence-corrected chi connectivity index (χ4v) is 2.22. The molecule has 3 N–H and O–H groups in total. The molecule has 2 aromatic rings. The van der Waals surface area contributed by atoms with Crippen molar-refractivity contribution >= 4 is 16.9 Å². The van der Waals surface area contributed by atoms with Crippen LogP contribution in [0.15, 0.2) is 30.3 Å². The summed E-state index contributed by atoms with van der Waals surface area (Å²) in [4.78, 5) is 10.8. The van der Waals surface area contributed by atoms with E-state index in [4.69, 9.17) is 10.8 Å². The number of hydrogen-bond donors (Lipinski definition) is 2. The number of nitrogens with two attached hydrogens (primary N) is 1. The lowest BCUT2D eigenvalue weighted by Gasteiger charge is -2.13. The second kappa shape index (κ2) is 4.59. The maximum Gasteiger partial charge on any atom is 0.304 e. The molecule has 1 aromatic carbocycles. The van der Waals surface area contributed by atoms with Gasteiger partial charge < -0.3 is 15.4 Å². The van der Waals surface area contributed by atoms with Crippen molar-refractivity contribution in [2.75, 3.05) is 6.54 Å². The summed E-state index contributed by atoms with van der Waals surface area (Å²) in [5, 5.41) is 10.00. The van der Waals surface area contributed by atoms with Gasteiger partial charge in [-0.05, 0) is 17.5 Å². The Bertz CT molecular complexity index is 545. The molecule has 0 aliphatic carbocycles. The number of aromatic nitrogens is 1. The normalized spacial score (nSPS) is 12.8. The first-order chi connectivity index (χ1) is 8.13. The lowest BCUT2D eigenvalue weighted by atomic mass is 10.0. The van der Waals surface area contributed by atoms with E-state index in [-0.39, 0.29) is 12.3 Å². The molecule has 4 heteroatoms. The van der Waals surface area contributed by atoms with Gasteiger partial charge in [0.1, 0.15) is 0 Å². The van der Waals surface area contributed by atoms with Crippen LogP contribution in [-0.2, 0) is 11.8 Å². The molecule has 17 heavy (non-hydrogen) atoms. The van der Waals surface area contributed by atoms with Gasteiger partial charge in [0, 0.05) is 30.7 Å². The molecule has 0 radical (unpaired) electrons. The highest BCUT2D eigenvalue weighted by Crippen LogP contribution is 2.25. The van der Waals surface area contributed by atoms with Crippen molar-refractivity contribution in [3.05, 3.63) is 36.0 Å². The number of para-hydroxylation sites is 1. The minimum Gasteiger partial charge on any atom is -0.481 e. The zero-order valence-corrected chi connectivity index (χ0v) is 9.76. The summed E-state index contributed by atoms with van der Waals surface area (Å²) in [6, 6.07) is 10.0. The summed E-state index contributed by atoms with van der Waals surface area (Å²) in [5.41, 5.74) is 7.75. The molecular weight excluding hydrogens is 216 g/mol. The summed E-state index contributed by atoms with van der Waals surface area (Å²) in [7, 11) is 1.95. The molecule has 1 atom stereocenters. The number of carbonyl (C=O) groups is 1. The van der Waals surface area contributed by atoms with Crippen molar-refractivity contribution in [2.45, 2.75) is 12.3 Å². The number of fused-ring (bicyclic) bond motifs is 1. The van der Waals surface area contributed by atoms with Gasteiger partial charge in [0.25, 0.3) is 0 Å². The highest BCUT2D eigenvalue weighted by atomic mass is 16.4. The van der Waals surface area contributed by atoms with Gasteiger partial charge in [-0.1, -0.05) is 18.2 Å². The third kappa shape index (κ3) is 2.17. The number of carboxylic acid groups (broad SMARTS) is 1. The average molecular weight is 232 g/mol. The van der Waals surface area contributed by atoms with Gasteiger partial charge in [-0.3, -0.25) is 4.79 Å². The predicted octanol–water partition coefficient (Wildman–Crippen LogP) is 1.70. The number of aryl methyl sites for hydroxylation is 1. The van der Waals surface area contributed by atoms with E-state index >= 15 is 0 Å². The number of rotatable bonds is 4. The van der Waals surface area contributed by atoms with Crippen molar-refractivity contribution < 1.29 is 9.90 Å². The minimum atomic E-state index is -0.814. The predicted molar refractivity (Wildman–Crippen MR) is 67.0 cm³/mol. The van der Waals surface area contributed by atoms with Crippen molar-refractivity contribution in [1.82, 2.24) is 4.57 Å². The summed E-state index contributed by atoms with van der Waals surface area (Å²) in [5.74, 6) is -0.949. The Morgan fingerprint density at radius 1 is 1.47 bits per heavy atom. The van der Waals surface area contributed by atoms with Crippen LogP contribution in [0.4, 0.5) is 0 Å². The fourth-order valence-electron chi connectivity index (χ4n) is 2.22.